The molecule has 2 N–H and O–H groups in total. The van der Waals surface area contributed by atoms with Crippen molar-refractivity contribution in [2.24, 2.45) is 5.10 Å². The number of halogens is 1. The molecule has 0 fully saturated rings. The number of ether oxygens (including phenoxy) is 1. The van der Waals surface area contributed by atoms with Crippen molar-refractivity contribution in [2.75, 3.05) is 11.8 Å². The number of carbonyl (C=O) groups excluding carboxylic acids is 1. The molecule has 0 radical (unpaired) electrons. The van der Waals surface area contributed by atoms with E-state index in [0.29, 0.717) is 17.0 Å². The molecule has 9 heteroatoms. The number of benzene rings is 3. The molecule has 0 aliphatic rings. The topological polar surface area (TPSA) is 96.9 Å². The maximum absolute atomic E-state index is 13.0. The molecule has 0 saturated carbocycles. The molecule has 3 aromatic rings. The van der Waals surface area contributed by atoms with Crippen molar-refractivity contribution in [3.8, 4) is 5.75 Å². The molecule has 7 nitrogen and oxygen atoms in total. The van der Waals surface area contributed by atoms with Crippen LogP contribution in [0.3, 0.4) is 0 Å². The monoisotopic (exact) mass is 441 g/mol. The Morgan fingerprint density at radius 3 is 2.39 bits per heavy atom. The quantitative estimate of drug-likeness (QED) is 0.431. The van der Waals surface area contributed by atoms with Crippen LogP contribution in [0.25, 0.3) is 0 Å². The van der Waals surface area contributed by atoms with Gasteiger partial charge in [0.05, 0.1) is 23.4 Å². The van der Waals surface area contributed by atoms with Gasteiger partial charge in [0.1, 0.15) is 11.6 Å². The lowest BCUT2D eigenvalue weighted by atomic mass is 10.1. The lowest BCUT2D eigenvalue weighted by Crippen LogP contribution is -2.20. The second kappa shape index (κ2) is 9.40. The number of sulfonamides is 1. The largest absolute Gasteiger partial charge is 0.495 e. The van der Waals surface area contributed by atoms with Gasteiger partial charge in [0.15, 0.2) is 0 Å². The Balaban J connectivity index is 1.78. The highest BCUT2D eigenvalue weighted by molar-refractivity contribution is 7.92. The molecule has 160 valence electrons. The SMILES string of the molecule is COc1ccccc1NS(=O)(=O)c1cccc(C(=O)NN=C(C)c2ccc(F)cc2)c1. The molecule has 0 bridgehead atoms. The van der Waals surface area contributed by atoms with E-state index in [-0.39, 0.29) is 22.0 Å². The molecule has 3 rings (SSSR count). The third-order valence-electron chi connectivity index (χ3n) is 4.34. The number of anilines is 1. The highest BCUT2D eigenvalue weighted by atomic mass is 32.2. The molecule has 0 atom stereocenters. The summed E-state index contributed by atoms with van der Waals surface area (Å²) in [7, 11) is -2.52. The fourth-order valence-electron chi connectivity index (χ4n) is 2.69. The number of hydrazone groups is 1. The summed E-state index contributed by atoms with van der Waals surface area (Å²) >= 11 is 0. The van der Waals surface area contributed by atoms with Crippen LogP contribution in [0.2, 0.25) is 0 Å². The lowest BCUT2D eigenvalue weighted by molar-refractivity contribution is 0.0954. The summed E-state index contributed by atoms with van der Waals surface area (Å²) in [6.07, 6.45) is 0. The van der Waals surface area contributed by atoms with Crippen LogP contribution in [0.1, 0.15) is 22.8 Å². The molecular weight excluding hydrogens is 421 g/mol. The molecule has 0 heterocycles. The van der Waals surface area contributed by atoms with E-state index in [1.54, 1.807) is 31.2 Å². The highest BCUT2D eigenvalue weighted by Crippen LogP contribution is 2.26. The van der Waals surface area contributed by atoms with Crippen LogP contribution in [0.4, 0.5) is 10.1 Å². The van der Waals surface area contributed by atoms with Gasteiger partial charge in [0, 0.05) is 5.56 Å². The highest BCUT2D eigenvalue weighted by Gasteiger charge is 2.18. The Bertz CT molecular complexity index is 1230. The van der Waals surface area contributed by atoms with Gasteiger partial charge >= 0.3 is 0 Å². The number of para-hydroxylation sites is 2. The number of carbonyl (C=O) groups is 1. The Morgan fingerprint density at radius 2 is 1.68 bits per heavy atom. The zero-order valence-corrected chi connectivity index (χ0v) is 17.6. The van der Waals surface area contributed by atoms with Crippen molar-refractivity contribution in [3.63, 3.8) is 0 Å². The minimum absolute atomic E-state index is 0.0923. The number of nitrogens with zero attached hydrogens (tertiary/aromatic N) is 1. The van der Waals surface area contributed by atoms with Gasteiger partial charge in [0.2, 0.25) is 0 Å². The molecule has 0 aliphatic heterocycles. The Hall–Kier alpha value is -3.72. The van der Waals surface area contributed by atoms with E-state index in [4.69, 9.17) is 4.74 Å². The first-order valence-corrected chi connectivity index (χ1v) is 10.6. The summed E-state index contributed by atoms with van der Waals surface area (Å²) in [5.41, 5.74) is 3.87. The maximum atomic E-state index is 13.0. The number of hydrogen-bond acceptors (Lipinski definition) is 5. The van der Waals surface area contributed by atoms with E-state index in [1.165, 1.54) is 55.6 Å². The van der Waals surface area contributed by atoms with E-state index in [9.17, 15) is 17.6 Å². The van der Waals surface area contributed by atoms with Crippen LogP contribution in [-0.4, -0.2) is 27.1 Å². The molecule has 0 aliphatic carbocycles. The fraction of sp³-hybridized carbons (Fsp3) is 0.0909. The number of rotatable bonds is 7. The molecule has 0 aromatic heterocycles. The fourth-order valence-corrected chi connectivity index (χ4v) is 3.81. The van der Waals surface area contributed by atoms with Gasteiger partial charge in [-0.1, -0.05) is 30.3 Å². The summed E-state index contributed by atoms with van der Waals surface area (Å²) in [6, 6.07) is 17.8. The molecule has 31 heavy (non-hydrogen) atoms. The summed E-state index contributed by atoms with van der Waals surface area (Å²) in [6.45, 7) is 1.66. The number of amides is 1. The number of methoxy groups -OCH3 is 1. The first-order valence-electron chi connectivity index (χ1n) is 9.16. The molecular formula is C22H20FN3O4S. The van der Waals surface area contributed by atoms with Crippen molar-refractivity contribution in [1.82, 2.24) is 5.43 Å². The third-order valence-corrected chi connectivity index (χ3v) is 5.71. The third kappa shape index (κ3) is 5.46. The Morgan fingerprint density at radius 1 is 0.968 bits per heavy atom. The van der Waals surface area contributed by atoms with Crippen molar-refractivity contribution in [3.05, 3.63) is 89.7 Å². The van der Waals surface area contributed by atoms with E-state index < -0.39 is 15.9 Å². The van der Waals surface area contributed by atoms with E-state index in [2.05, 4.69) is 15.2 Å². The van der Waals surface area contributed by atoms with Gasteiger partial charge in [-0.3, -0.25) is 9.52 Å². The molecule has 3 aromatic carbocycles. The van der Waals surface area contributed by atoms with Crippen molar-refractivity contribution in [2.45, 2.75) is 11.8 Å². The first-order chi connectivity index (χ1) is 14.8. The summed E-state index contributed by atoms with van der Waals surface area (Å²) in [5, 5.41) is 4.00. The van der Waals surface area contributed by atoms with E-state index in [0.717, 1.165) is 0 Å². The van der Waals surface area contributed by atoms with Gasteiger partial charge < -0.3 is 4.74 Å². The Kier molecular flexibility index (Phi) is 6.66. The second-order valence-electron chi connectivity index (χ2n) is 6.48. The van der Waals surface area contributed by atoms with Crippen molar-refractivity contribution >= 4 is 27.3 Å². The number of nitrogens with one attached hydrogen (secondary N) is 2. The van der Waals surface area contributed by atoms with Crippen LogP contribution in [0.15, 0.2) is 82.8 Å². The van der Waals surface area contributed by atoms with Gasteiger partial charge in [-0.25, -0.2) is 18.2 Å². The van der Waals surface area contributed by atoms with Crippen LogP contribution in [0.5, 0.6) is 5.75 Å². The van der Waals surface area contributed by atoms with Crippen molar-refractivity contribution < 1.29 is 22.3 Å². The minimum Gasteiger partial charge on any atom is -0.495 e. The maximum Gasteiger partial charge on any atom is 0.271 e. The molecule has 0 spiro atoms. The summed E-state index contributed by atoms with van der Waals surface area (Å²) < 4.78 is 46.2. The Labute approximate surface area is 179 Å². The minimum atomic E-state index is -3.96. The first kappa shape index (κ1) is 22.0. The zero-order chi connectivity index (χ0) is 22.4. The molecule has 0 saturated heterocycles. The van der Waals surface area contributed by atoms with Gasteiger partial charge in [-0.2, -0.15) is 5.10 Å². The second-order valence-corrected chi connectivity index (χ2v) is 8.16. The van der Waals surface area contributed by atoms with Gasteiger partial charge in [0.25, 0.3) is 15.9 Å². The summed E-state index contributed by atoms with van der Waals surface area (Å²) in [5.74, 6) is -0.596. The molecule has 1 amide bonds. The standard InChI is InChI=1S/C22H20FN3O4S/c1-15(16-10-12-18(23)13-11-16)24-25-22(27)17-6-5-7-19(14-17)31(28,29)26-20-8-3-4-9-21(20)30-2/h3-14,26H,1-2H3,(H,25,27). The predicted molar refractivity (Wildman–Crippen MR) is 116 cm³/mol. The van der Waals surface area contributed by atoms with Crippen LogP contribution in [0, 0.1) is 5.82 Å². The van der Waals surface area contributed by atoms with E-state index >= 15 is 0 Å². The van der Waals surface area contributed by atoms with E-state index in [1.807, 2.05) is 0 Å². The average molecular weight is 441 g/mol. The lowest BCUT2D eigenvalue weighted by Gasteiger charge is -2.12. The smallest absolute Gasteiger partial charge is 0.271 e. The predicted octanol–water partition coefficient (Wildman–Crippen LogP) is 3.79. The van der Waals surface area contributed by atoms with Crippen LogP contribution < -0.4 is 14.9 Å². The molecule has 0 unspecified atom stereocenters. The average Bonchev–Trinajstić information content (AvgIpc) is 2.78. The summed E-state index contributed by atoms with van der Waals surface area (Å²) in [4.78, 5) is 12.4. The normalized spacial score (nSPS) is 11.6. The van der Waals surface area contributed by atoms with Crippen LogP contribution >= 0.6 is 0 Å². The number of hydrogen-bond donors (Lipinski definition) is 2. The van der Waals surface area contributed by atoms with Gasteiger partial charge in [-0.15, -0.1) is 0 Å². The van der Waals surface area contributed by atoms with Crippen LogP contribution in [-0.2, 0) is 10.0 Å². The zero-order valence-electron chi connectivity index (χ0n) is 16.8. The van der Waals surface area contributed by atoms with Crippen molar-refractivity contribution in [1.29, 1.82) is 0 Å². The van der Waals surface area contributed by atoms with Gasteiger partial charge in [-0.05, 0) is 55.0 Å².